The van der Waals surface area contributed by atoms with Crippen LogP contribution in [0.15, 0.2) is 133 Å². The molecule has 8 rings (SSSR count). The van der Waals surface area contributed by atoms with Crippen LogP contribution in [0.3, 0.4) is 0 Å². The molecule has 0 saturated heterocycles. The summed E-state index contributed by atoms with van der Waals surface area (Å²) in [6.07, 6.45) is 0. The number of nitrogens with zero attached hydrogens (tertiary/aromatic N) is 4. The van der Waals surface area contributed by atoms with E-state index < -0.39 is 0 Å². The molecular formula is C38H22N4. The molecule has 0 fully saturated rings. The topological polar surface area (TPSA) is 55.8 Å². The molecule has 0 radical (unpaired) electrons. The molecule has 7 aromatic rings. The number of hydrogen-bond acceptors (Lipinski definition) is 3. The summed E-state index contributed by atoms with van der Waals surface area (Å²) >= 11 is 0. The van der Waals surface area contributed by atoms with Crippen molar-refractivity contribution in [2.24, 2.45) is 0 Å². The van der Waals surface area contributed by atoms with Crippen LogP contribution in [0.25, 0.3) is 49.7 Å². The van der Waals surface area contributed by atoms with Gasteiger partial charge < -0.3 is 9.47 Å². The SMILES string of the molecule is N#Cc1cc(C#N)c(-n2c3ccccc3c3ccccc32)cc1N1c2ccccc2-c2ccccc2-c2ccccc21. The van der Waals surface area contributed by atoms with Gasteiger partial charge in [0.25, 0.3) is 0 Å². The van der Waals surface area contributed by atoms with E-state index in [0.29, 0.717) is 11.1 Å². The molecule has 1 aromatic heterocycles. The summed E-state index contributed by atoms with van der Waals surface area (Å²) in [5.74, 6) is 0. The van der Waals surface area contributed by atoms with Crippen molar-refractivity contribution in [3.63, 3.8) is 0 Å². The van der Waals surface area contributed by atoms with Crippen LogP contribution in [0, 0.1) is 22.7 Å². The minimum Gasteiger partial charge on any atom is -0.308 e. The van der Waals surface area contributed by atoms with Gasteiger partial charge in [0.05, 0.1) is 44.9 Å². The van der Waals surface area contributed by atoms with Gasteiger partial charge in [-0.3, -0.25) is 0 Å². The maximum atomic E-state index is 10.5. The maximum absolute atomic E-state index is 10.5. The third kappa shape index (κ3) is 3.33. The fourth-order valence-electron chi connectivity index (χ4n) is 6.44. The van der Waals surface area contributed by atoms with Gasteiger partial charge in [-0.25, -0.2) is 0 Å². The molecule has 0 saturated carbocycles. The Morgan fingerprint density at radius 2 is 0.833 bits per heavy atom. The van der Waals surface area contributed by atoms with Gasteiger partial charge in [0.15, 0.2) is 0 Å². The molecule has 0 aliphatic carbocycles. The van der Waals surface area contributed by atoms with Crippen LogP contribution in [0.1, 0.15) is 11.1 Å². The van der Waals surface area contributed by atoms with Crippen molar-refractivity contribution in [3.05, 3.63) is 145 Å². The highest BCUT2D eigenvalue weighted by Crippen LogP contribution is 2.51. The van der Waals surface area contributed by atoms with E-state index >= 15 is 0 Å². The van der Waals surface area contributed by atoms with Crippen LogP contribution in [0.4, 0.5) is 17.1 Å². The minimum absolute atomic E-state index is 0.437. The lowest BCUT2D eigenvalue weighted by molar-refractivity contribution is 1.15. The highest BCUT2D eigenvalue weighted by molar-refractivity contribution is 6.10. The van der Waals surface area contributed by atoms with Crippen molar-refractivity contribution in [2.45, 2.75) is 0 Å². The van der Waals surface area contributed by atoms with E-state index in [1.54, 1.807) is 6.07 Å². The Bertz CT molecular complexity index is 2170. The van der Waals surface area contributed by atoms with Crippen molar-refractivity contribution in [1.82, 2.24) is 4.57 Å². The van der Waals surface area contributed by atoms with E-state index in [9.17, 15) is 10.5 Å². The number of rotatable bonds is 2. The molecule has 6 aromatic carbocycles. The number of hydrogen-bond donors (Lipinski definition) is 0. The smallest absolute Gasteiger partial charge is 0.101 e. The molecule has 42 heavy (non-hydrogen) atoms. The molecule has 0 unspecified atom stereocenters. The van der Waals surface area contributed by atoms with Crippen molar-refractivity contribution < 1.29 is 0 Å². The van der Waals surface area contributed by atoms with E-state index in [1.165, 1.54) is 0 Å². The quantitative estimate of drug-likeness (QED) is 0.222. The van der Waals surface area contributed by atoms with Gasteiger partial charge in [0.2, 0.25) is 0 Å². The summed E-state index contributed by atoms with van der Waals surface area (Å²) in [6, 6.07) is 50.2. The van der Waals surface area contributed by atoms with Gasteiger partial charge in [-0.05, 0) is 47.5 Å². The number of nitriles is 2. The second kappa shape index (κ2) is 9.24. The Balaban J connectivity index is 1.50. The number of anilines is 3. The second-order valence-electron chi connectivity index (χ2n) is 10.4. The first kappa shape index (κ1) is 23.8. The summed E-state index contributed by atoms with van der Waals surface area (Å²) < 4.78 is 2.15. The lowest BCUT2D eigenvalue weighted by Gasteiger charge is -2.29. The monoisotopic (exact) mass is 534 g/mol. The van der Waals surface area contributed by atoms with E-state index in [-0.39, 0.29) is 0 Å². The predicted molar refractivity (Wildman–Crippen MR) is 169 cm³/mol. The molecule has 1 aliphatic heterocycles. The van der Waals surface area contributed by atoms with E-state index in [0.717, 1.165) is 66.8 Å². The lowest BCUT2D eigenvalue weighted by atomic mass is 9.95. The Hall–Kier alpha value is -6.10. The van der Waals surface area contributed by atoms with Crippen molar-refractivity contribution in [3.8, 4) is 40.1 Å². The number of para-hydroxylation sites is 4. The van der Waals surface area contributed by atoms with Gasteiger partial charge in [-0.15, -0.1) is 0 Å². The van der Waals surface area contributed by atoms with Crippen molar-refractivity contribution in [2.75, 3.05) is 4.90 Å². The first-order chi connectivity index (χ1) is 20.8. The van der Waals surface area contributed by atoms with Gasteiger partial charge in [-0.2, -0.15) is 10.5 Å². The van der Waals surface area contributed by atoms with E-state index in [2.05, 4.69) is 107 Å². The average Bonchev–Trinajstić information content (AvgIpc) is 3.33. The van der Waals surface area contributed by atoms with Crippen LogP contribution in [0.2, 0.25) is 0 Å². The van der Waals surface area contributed by atoms with Crippen LogP contribution in [0.5, 0.6) is 0 Å². The molecule has 0 amide bonds. The summed E-state index contributed by atoms with van der Waals surface area (Å²) in [5, 5.41) is 23.1. The van der Waals surface area contributed by atoms with Gasteiger partial charge in [-0.1, -0.05) is 97.1 Å². The zero-order valence-electron chi connectivity index (χ0n) is 22.5. The molecule has 0 atom stereocenters. The van der Waals surface area contributed by atoms with Gasteiger partial charge in [0, 0.05) is 21.9 Å². The Morgan fingerprint density at radius 3 is 1.36 bits per heavy atom. The fraction of sp³-hybridized carbons (Fsp3) is 0. The molecule has 4 heteroatoms. The zero-order chi connectivity index (χ0) is 28.2. The van der Waals surface area contributed by atoms with Gasteiger partial charge in [0.1, 0.15) is 12.1 Å². The molecule has 1 aliphatic rings. The lowest BCUT2D eigenvalue weighted by Crippen LogP contribution is -2.14. The number of fused-ring (bicyclic) bond motifs is 8. The second-order valence-corrected chi connectivity index (χ2v) is 10.4. The molecule has 2 heterocycles. The first-order valence-electron chi connectivity index (χ1n) is 13.8. The van der Waals surface area contributed by atoms with Crippen molar-refractivity contribution >= 4 is 38.9 Å². The summed E-state index contributed by atoms with van der Waals surface area (Å²) in [7, 11) is 0. The molecule has 194 valence electrons. The Morgan fingerprint density at radius 1 is 0.405 bits per heavy atom. The van der Waals surface area contributed by atoms with Crippen LogP contribution >= 0.6 is 0 Å². The standard InChI is InChI=1S/C38H22N4/c39-23-25-21-26(24-40)38(42-35-19-9-5-15-31(35)32-16-6-10-20-36(32)42)22-37(25)41-33-17-7-3-13-29(33)27-11-1-2-12-28(27)30-14-4-8-18-34(30)41/h1-22H. The highest BCUT2D eigenvalue weighted by atomic mass is 15.2. The maximum Gasteiger partial charge on any atom is 0.101 e. The molecular weight excluding hydrogens is 512 g/mol. The molecule has 0 spiro atoms. The van der Waals surface area contributed by atoms with E-state index in [4.69, 9.17) is 0 Å². The third-order valence-corrected chi connectivity index (χ3v) is 8.21. The molecule has 4 nitrogen and oxygen atoms in total. The Labute approximate surface area is 243 Å². The number of benzene rings is 6. The van der Waals surface area contributed by atoms with Gasteiger partial charge >= 0.3 is 0 Å². The molecule has 0 bridgehead atoms. The van der Waals surface area contributed by atoms with Crippen molar-refractivity contribution in [1.29, 1.82) is 10.5 Å². The first-order valence-corrected chi connectivity index (χ1v) is 13.8. The van der Waals surface area contributed by atoms with Crippen LogP contribution < -0.4 is 4.90 Å². The average molecular weight is 535 g/mol. The third-order valence-electron chi connectivity index (χ3n) is 8.21. The fourth-order valence-corrected chi connectivity index (χ4v) is 6.44. The summed E-state index contributed by atoms with van der Waals surface area (Å²) in [4.78, 5) is 2.18. The largest absolute Gasteiger partial charge is 0.308 e. The van der Waals surface area contributed by atoms with Crippen LogP contribution in [-0.4, -0.2) is 4.57 Å². The zero-order valence-corrected chi connectivity index (χ0v) is 22.5. The van der Waals surface area contributed by atoms with Crippen LogP contribution in [-0.2, 0) is 0 Å². The van der Waals surface area contributed by atoms with E-state index in [1.807, 2.05) is 42.5 Å². The highest BCUT2D eigenvalue weighted by Gasteiger charge is 2.28. The molecule has 0 N–H and O–H groups in total. The minimum atomic E-state index is 0.437. The summed E-state index contributed by atoms with van der Waals surface area (Å²) in [5.41, 5.74) is 10.7. The summed E-state index contributed by atoms with van der Waals surface area (Å²) in [6.45, 7) is 0. The normalized spacial score (nSPS) is 11.7. The predicted octanol–water partition coefficient (Wildman–Crippen LogP) is 9.64. The number of aromatic nitrogens is 1. The Kier molecular flexibility index (Phi) is 5.22.